The number of anilines is 1. The summed E-state index contributed by atoms with van der Waals surface area (Å²) in [5, 5.41) is 12.4. The Labute approximate surface area is 128 Å². The number of nitrogens with one attached hydrogen (secondary N) is 1. The van der Waals surface area contributed by atoms with E-state index in [4.69, 9.17) is 4.98 Å². The van der Waals surface area contributed by atoms with Gasteiger partial charge in [0, 0.05) is 36.3 Å². The smallest absolute Gasteiger partial charge is 0.157 e. The van der Waals surface area contributed by atoms with E-state index in [0.29, 0.717) is 19.0 Å². The lowest BCUT2D eigenvalue weighted by Crippen LogP contribution is -2.24. The van der Waals surface area contributed by atoms with E-state index in [9.17, 15) is 4.91 Å². The largest absolute Gasteiger partial charge is 0.365 e. The molecule has 1 saturated carbocycles. The summed E-state index contributed by atoms with van der Waals surface area (Å²) in [6.07, 6.45) is 5.29. The SMILES string of the molecule is CC(c1cc(NC2CCN(N=O)C2)n2nccc2n1)C1CC1. The van der Waals surface area contributed by atoms with E-state index in [2.05, 4.69) is 28.7 Å². The Bertz CT molecular complexity index is 694. The van der Waals surface area contributed by atoms with E-state index in [-0.39, 0.29) is 6.04 Å². The van der Waals surface area contributed by atoms with Crippen LogP contribution in [-0.4, -0.2) is 38.7 Å². The predicted molar refractivity (Wildman–Crippen MR) is 83.5 cm³/mol. The van der Waals surface area contributed by atoms with Crippen LogP contribution < -0.4 is 5.32 Å². The van der Waals surface area contributed by atoms with Gasteiger partial charge in [-0.15, -0.1) is 4.91 Å². The van der Waals surface area contributed by atoms with Crippen LogP contribution in [0.5, 0.6) is 0 Å². The summed E-state index contributed by atoms with van der Waals surface area (Å²) >= 11 is 0. The number of nitroso groups, excluding NO2 is 1. The lowest BCUT2D eigenvalue weighted by Gasteiger charge is -2.17. The number of fused-ring (bicyclic) bond motifs is 1. The van der Waals surface area contributed by atoms with Crippen LogP contribution >= 0.6 is 0 Å². The number of aromatic nitrogens is 3. The van der Waals surface area contributed by atoms with E-state index >= 15 is 0 Å². The first-order valence-corrected chi connectivity index (χ1v) is 7.94. The van der Waals surface area contributed by atoms with Gasteiger partial charge in [0.05, 0.1) is 18.0 Å². The fraction of sp³-hybridized carbons (Fsp3) is 0.600. The van der Waals surface area contributed by atoms with Crippen molar-refractivity contribution in [2.24, 2.45) is 11.2 Å². The molecule has 2 aliphatic rings. The summed E-state index contributed by atoms with van der Waals surface area (Å²) in [5.74, 6) is 2.21. The van der Waals surface area contributed by atoms with Crippen LogP contribution in [-0.2, 0) is 0 Å². The molecule has 4 rings (SSSR count). The number of nitrogens with zero attached hydrogens (tertiary/aromatic N) is 5. The molecule has 0 amide bonds. The zero-order valence-corrected chi connectivity index (χ0v) is 12.6. The van der Waals surface area contributed by atoms with Crippen LogP contribution in [0.3, 0.4) is 0 Å². The van der Waals surface area contributed by atoms with Gasteiger partial charge < -0.3 is 5.32 Å². The minimum absolute atomic E-state index is 0.219. The number of hydrogen-bond donors (Lipinski definition) is 1. The Hall–Kier alpha value is -2.18. The van der Waals surface area contributed by atoms with Gasteiger partial charge in [-0.05, 0) is 25.2 Å². The Morgan fingerprint density at radius 3 is 3.00 bits per heavy atom. The highest BCUT2D eigenvalue weighted by atomic mass is 16.3. The lowest BCUT2D eigenvalue weighted by molar-refractivity contribution is 0.352. The summed E-state index contributed by atoms with van der Waals surface area (Å²) in [5.41, 5.74) is 2.00. The number of hydrogen-bond acceptors (Lipinski definition) is 5. The second-order valence-electron chi connectivity index (χ2n) is 6.42. The van der Waals surface area contributed by atoms with Gasteiger partial charge in [0.2, 0.25) is 0 Å². The van der Waals surface area contributed by atoms with Crippen LogP contribution in [0.15, 0.2) is 23.6 Å². The maximum Gasteiger partial charge on any atom is 0.157 e. The van der Waals surface area contributed by atoms with Crippen molar-refractivity contribution >= 4 is 11.5 Å². The standard InChI is InChI=1S/C15H20N6O/c1-10(11-2-3-11)13-8-15(21-14(18-13)4-6-16-21)17-12-5-7-20(9-12)19-22/h4,6,8,10-12,17H,2-3,5,7,9H2,1H3. The van der Waals surface area contributed by atoms with Crippen LogP contribution in [0.4, 0.5) is 5.82 Å². The Morgan fingerprint density at radius 1 is 1.41 bits per heavy atom. The molecule has 7 nitrogen and oxygen atoms in total. The minimum Gasteiger partial charge on any atom is -0.365 e. The Kier molecular flexibility index (Phi) is 3.20. The van der Waals surface area contributed by atoms with Gasteiger partial charge in [-0.3, -0.25) is 5.01 Å². The fourth-order valence-corrected chi connectivity index (χ4v) is 3.25. The molecule has 0 radical (unpaired) electrons. The minimum atomic E-state index is 0.219. The summed E-state index contributed by atoms with van der Waals surface area (Å²) in [6.45, 7) is 3.60. The van der Waals surface area contributed by atoms with Crippen molar-refractivity contribution in [2.45, 2.75) is 38.1 Å². The van der Waals surface area contributed by atoms with Gasteiger partial charge in [0.1, 0.15) is 5.82 Å². The zero-order chi connectivity index (χ0) is 15.1. The maximum atomic E-state index is 10.6. The van der Waals surface area contributed by atoms with Gasteiger partial charge in [-0.2, -0.15) is 9.61 Å². The predicted octanol–water partition coefficient (Wildman–Crippen LogP) is 2.41. The molecule has 1 aliphatic heterocycles. The molecule has 22 heavy (non-hydrogen) atoms. The molecule has 1 aliphatic carbocycles. The van der Waals surface area contributed by atoms with Crippen molar-refractivity contribution in [3.05, 3.63) is 28.9 Å². The first-order valence-electron chi connectivity index (χ1n) is 7.94. The second-order valence-corrected chi connectivity index (χ2v) is 6.42. The third-order valence-corrected chi connectivity index (χ3v) is 4.81. The second kappa shape index (κ2) is 5.23. The van der Waals surface area contributed by atoms with Crippen molar-refractivity contribution in [2.75, 3.05) is 18.4 Å². The first kappa shape index (κ1) is 13.5. The first-order chi connectivity index (χ1) is 10.7. The van der Waals surface area contributed by atoms with Crippen molar-refractivity contribution < 1.29 is 0 Å². The molecule has 0 aromatic carbocycles. The average molecular weight is 300 g/mol. The van der Waals surface area contributed by atoms with Crippen LogP contribution in [0.1, 0.15) is 37.8 Å². The molecular weight excluding hydrogens is 280 g/mol. The van der Waals surface area contributed by atoms with Gasteiger partial charge in [-0.1, -0.05) is 6.92 Å². The molecule has 2 atom stereocenters. The summed E-state index contributed by atoms with van der Waals surface area (Å²) in [6, 6.07) is 4.26. The Balaban J connectivity index is 1.63. The molecule has 2 aromatic rings. The van der Waals surface area contributed by atoms with Crippen LogP contribution in [0.25, 0.3) is 5.65 Å². The van der Waals surface area contributed by atoms with Crippen LogP contribution in [0, 0.1) is 10.8 Å². The highest BCUT2D eigenvalue weighted by molar-refractivity contribution is 5.50. The Morgan fingerprint density at radius 2 is 2.27 bits per heavy atom. The van der Waals surface area contributed by atoms with Gasteiger partial charge >= 0.3 is 0 Å². The molecular formula is C15H20N6O. The summed E-state index contributed by atoms with van der Waals surface area (Å²) < 4.78 is 1.83. The maximum absolute atomic E-state index is 10.6. The molecule has 1 N–H and O–H groups in total. The molecule has 2 unspecified atom stereocenters. The van der Waals surface area contributed by atoms with Crippen molar-refractivity contribution in [3.8, 4) is 0 Å². The van der Waals surface area contributed by atoms with Crippen molar-refractivity contribution in [3.63, 3.8) is 0 Å². The zero-order valence-electron chi connectivity index (χ0n) is 12.6. The normalized spacial score (nSPS) is 23.0. The highest BCUT2D eigenvalue weighted by Crippen LogP contribution is 2.42. The van der Waals surface area contributed by atoms with E-state index in [1.807, 2.05) is 10.6 Å². The molecule has 2 aromatic heterocycles. The molecule has 0 spiro atoms. The summed E-state index contributed by atoms with van der Waals surface area (Å²) in [7, 11) is 0. The van der Waals surface area contributed by atoms with E-state index in [1.165, 1.54) is 12.8 Å². The van der Waals surface area contributed by atoms with E-state index < -0.39 is 0 Å². The molecule has 2 fully saturated rings. The van der Waals surface area contributed by atoms with Gasteiger partial charge in [0.25, 0.3) is 0 Å². The third-order valence-electron chi connectivity index (χ3n) is 4.81. The highest BCUT2D eigenvalue weighted by Gasteiger charge is 2.31. The van der Waals surface area contributed by atoms with E-state index in [1.54, 1.807) is 11.2 Å². The van der Waals surface area contributed by atoms with Crippen LogP contribution in [0.2, 0.25) is 0 Å². The topological polar surface area (TPSA) is 74.9 Å². The molecule has 3 heterocycles. The van der Waals surface area contributed by atoms with Crippen molar-refractivity contribution in [1.29, 1.82) is 0 Å². The quantitative estimate of drug-likeness (QED) is 0.858. The number of rotatable bonds is 5. The lowest BCUT2D eigenvalue weighted by atomic mass is 10.0. The molecule has 0 bridgehead atoms. The summed E-state index contributed by atoms with van der Waals surface area (Å²) in [4.78, 5) is 15.4. The molecule has 7 heteroatoms. The molecule has 116 valence electrons. The van der Waals surface area contributed by atoms with Gasteiger partial charge in [0.15, 0.2) is 5.65 Å². The fourth-order valence-electron chi connectivity index (χ4n) is 3.25. The van der Waals surface area contributed by atoms with E-state index in [0.717, 1.165) is 29.5 Å². The average Bonchev–Trinajstić information content (AvgIpc) is 3.09. The van der Waals surface area contributed by atoms with Gasteiger partial charge in [-0.25, -0.2) is 4.98 Å². The van der Waals surface area contributed by atoms with Crippen molar-refractivity contribution in [1.82, 2.24) is 19.6 Å². The monoisotopic (exact) mass is 300 g/mol. The molecule has 1 saturated heterocycles. The third kappa shape index (κ3) is 2.40.